The van der Waals surface area contributed by atoms with Gasteiger partial charge in [-0.25, -0.2) is 5.84 Å². The van der Waals surface area contributed by atoms with E-state index in [0.717, 1.165) is 0 Å². The van der Waals surface area contributed by atoms with E-state index >= 15 is 0 Å². The van der Waals surface area contributed by atoms with Gasteiger partial charge in [0.05, 0.1) is 18.6 Å². The molecule has 0 saturated carbocycles. The van der Waals surface area contributed by atoms with Crippen LogP contribution in [0.15, 0.2) is 0 Å². The van der Waals surface area contributed by atoms with Crippen molar-refractivity contribution in [3.63, 3.8) is 0 Å². The van der Waals surface area contributed by atoms with Gasteiger partial charge in [-0.3, -0.25) is 30.0 Å². The highest BCUT2D eigenvalue weighted by Crippen LogP contribution is 2.17. The highest BCUT2D eigenvalue weighted by molar-refractivity contribution is 6.03. The van der Waals surface area contributed by atoms with E-state index in [-0.39, 0.29) is 13.1 Å². The van der Waals surface area contributed by atoms with Crippen molar-refractivity contribution in [3.05, 3.63) is 0 Å². The molecule has 3 amide bonds. The number of piperazine rings is 1. The lowest BCUT2D eigenvalue weighted by molar-refractivity contribution is -0.146. The van der Waals surface area contributed by atoms with Crippen LogP contribution in [0.25, 0.3) is 0 Å². The second-order valence-electron chi connectivity index (χ2n) is 3.86. The van der Waals surface area contributed by atoms with Crippen molar-refractivity contribution in [1.29, 1.82) is 0 Å². The summed E-state index contributed by atoms with van der Waals surface area (Å²) < 4.78 is 0. The molecule has 0 aliphatic carbocycles. The van der Waals surface area contributed by atoms with Crippen LogP contribution in [-0.2, 0) is 14.4 Å². The number of imide groups is 1. The maximum Gasteiger partial charge on any atom is 0.248 e. The quantitative estimate of drug-likeness (QED) is 0.208. The van der Waals surface area contributed by atoms with Crippen LogP contribution in [0, 0.1) is 0 Å². The number of hydrogen-bond donors (Lipinski definition) is 3. The summed E-state index contributed by atoms with van der Waals surface area (Å²) in [4.78, 5) is 35.1. The van der Waals surface area contributed by atoms with Crippen LogP contribution in [0.4, 0.5) is 0 Å². The van der Waals surface area contributed by atoms with Gasteiger partial charge in [-0.1, -0.05) is 0 Å². The van der Waals surface area contributed by atoms with Gasteiger partial charge in [-0.15, -0.1) is 0 Å². The lowest BCUT2D eigenvalue weighted by Gasteiger charge is -2.39. The average Bonchev–Trinajstić information content (AvgIpc) is 2.14. The summed E-state index contributed by atoms with van der Waals surface area (Å²) in [6, 6.07) is 0. The van der Waals surface area contributed by atoms with Gasteiger partial charge in [-0.05, 0) is 13.8 Å². The first-order valence-corrected chi connectivity index (χ1v) is 4.46. The predicted molar refractivity (Wildman–Crippen MR) is 51.1 cm³/mol. The molecule has 0 bridgehead atoms. The van der Waals surface area contributed by atoms with Crippen molar-refractivity contribution in [2.24, 2.45) is 5.84 Å². The fraction of sp³-hybridized carbons (Fsp3) is 0.625. The van der Waals surface area contributed by atoms with Crippen molar-refractivity contribution in [2.45, 2.75) is 19.4 Å². The van der Waals surface area contributed by atoms with Crippen LogP contribution < -0.4 is 16.6 Å². The zero-order valence-corrected chi connectivity index (χ0v) is 8.66. The van der Waals surface area contributed by atoms with Crippen molar-refractivity contribution in [3.8, 4) is 0 Å². The van der Waals surface area contributed by atoms with Gasteiger partial charge < -0.3 is 0 Å². The first kappa shape index (κ1) is 11.6. The van der Waals surface area contributed by atoms with Gasteiger partial charge in [0.1, 0.15) is 0 Å². The molecular formula is C8H14N4O3. The molecule has 0 atom stereocenters. The minimum absolute atomic E-state index is 0.00611. The molecule has 4 N–H and O–H groups in total. The maximum atomic E-state index is 11.5. The number of carbonyl (C=O) groups is 3. The first-order chi connectivity index (χ1) is 6.87. The van der Waals surface area contributed by atoms with Gasteiger partial charge in [0, 0.05) is 0 Å². The largest absolute Gasteiger partial charge is 0.294 e. The summed E-state index contributed by atoms with van der Waals surface area (Å²) in [6.45, 7) is 3.20. The molecule has 84 valence electrons. The number of hydrogen-bond acceptors (Lipinski definition) is 5. The molecule has 0 unspecified atom stereocenters. The first-order valence-electron chi connectivity index (χ1n) is 4.46. The Morgan fingerprint density at radius 3 is 2.73 bits per heavy atom. The van der Waals surface area contributed by atoms with E-state index in [2.05, 4.69) is 5.32 Å². The molecule has 0 aromatic rings. The Morgan fingerprint density at radius 2 is 2.20 bits per heavy atom. The molecule has 0 aromatic carbocycles. The number of nitrogens with zero attached hydrogens (tertiary/aromatic N) is 1. The van der Waals surface area contributed by atoms with Crippen LogP contribution in [0.1, 0.15) is 13.8 Å². The van der Waals surface area contributed by atoms with Crippen LogP contribution in [0.3, 0.4) is 0 Å². The van der Waals surface area contributed by atoms with Crippen LogP contribution in [0.5, 0.6) is 0 Å². The minimum atomic E-state index is -0.888. The normalized spacial score (nSPS) is 21.0. The second-order valence-corrected chi connectivity index (χ2v) is 3.86. The zero-order chi connectivity index (χ0) is 11.6. The highest BCUT2D eigenvalue weighted by Gasteiger charge is 2.41. The molecule has 1 aliphatic rings. The molecular weight excluding hydrogens is 200 g/mol. The molecule has 1 fully saturated rings. The molecule has 1 saturated heterocycles. The number of nitrogens with two attached hydrogens (primary N) is 1. The molecule has 0 aromatic heterocycles. The van der Waals surface area contributed by atoms with E-state index in [4.69, 9.17) is 5.84 Å². The standard InChI is InChI=1S/C8H14N4O3/c1-8(2)7(15)10-5(13)3-12(8)4-6(14)11-9/h3-4,9H2,1-2H3,(H,11,14)(H,10,13,15). The number of carbonyl (C=O) groups excluding carboxylic acids is 3. The van der Waals surface area contributed by atoms with Gasteiger partial charge in [0.2, 0.25) is 17.7 Å². The van der Waals surface area contributed by atoms with Gasteiger partial charge in [0.15, 0.2) is 0 Å². The Kier molecular flexibility index (Phi) is 3.06. The van der Waals surface area contributed by atoms with Crippen LogP contribution in [0.2, 0.25) is 0 Å². The van der Waals surface area contributed by atoms with Crippen LogP contribution >= 0.6 is 0 Å². The van der Waals surface area contributed by atoms with Gasteiger partial charge in [-0.2, -0.15) is 0 Å². The Labute approximate surface area is 86.9 Å². The highest BCUT2D eigenvalue weighted by atomic mass is 16.2. The van der Waals surface area contributed by atoms with Gasteiger partial charge in [0.25, 0.3) is 0 Å². The van der Waals surface area contributed by atoms with Crippen molar-refractivity contribution < 1.29 is 14.4 Å². The number of hydrazine groups is 1. The van der Waals surface area contributed by atoms with E-state index in [1.54, 1.807) is 13.8 Å². The third-order valence-electron chi connectivity index (χ3n) is 2.43. The number of amides is 3. The summed E-state index contributed by atoms with van der Waals surface area (Å²) >= 11 is 0. The summed E-state index contributed by atoms with van der Waals surface area (Å²) in [5, 5.41) is 2.21. The maximum absolute atomic E-state index is 11.5. The zero-order valence-electron chi connectivity index (χ0n) is 8.66. The second kappa shape index (κ2) is 3.95. The van der Waals surface area contributed by atoms with E-state index in [0.29, 0.717) is 0 Å². The summed E-state index contributed by atoms with van der Waals surface area (Å²) in [7, 11) is 0. The van der Waals surface area contributed by atoms with Gasteiger partial charge >= 0.3 is 0 Å². The van der Waals surface area contributed by atoms with E-state index in [9.17, 15) is 14.4 Å². The lowest BCUT2D eigenvalue weighted by Crippen LogP contribution is -2.65. The smallest absolute Gasteiger partial charge is 0.248 e. The molecule has 1 rings (SSSR count). The fourth-order valence-electron chi connectivity index (χ4n) is 1.31. The molecule has 0 radical (unpaired) electrons. The molecule has 7 nitrogen and oxygen atoms in total. The third kappa shape index (κ3) is 2.31. The molecule has 0 spiro atoms. The summed E-state index contributed by atoms with van der Waals surface area (Å²) in [6.07, 6.45) is 0. The van der Waals surface area contributed by atoms with Crippen LogP contribution in [-0.4, -0.2) is 41.2 Å². The third-order valence-corrected chi connectivity index (χ3v) is 2.43. The van der Waals surface area contributed by atoms with Crippen molar-refractivity contribution in [1.82, 2.24) is 15.6 Å². The topological polar surface area (TPSA) is 105 Å². The Bertz CT molecular complexity index is 313. The minimum Gasteiger partial charge on any atom is -0.294 e. The monoisotopic (exact) mass is 214 g/mol. The fourth-order valence-corrected chi connectivity index (χ4v) is 1.31. The van der Waals surface area contributed by atoms with E-state index in [1.807, 2.05) is 5.43 Å². The molecule has 1 aliphatic heterocycles. The number of nitrogens with one attached hydrogen (secondary N) is 2. The Hall–Kier alpha value is -1.47. The molecule has 15 heavy (non-hydrogen) atoms. The summed E-state index contributed by atoms with van der Waals surface area (Å²) in [5.74, 6) is 3.67. The van der Waals surface area contributed by atoms with E-state index < -0.39 is 23.3 Å². The molecule has 1 heterocycles. The summed E-state index contributed by atoms with van der Waals surface area (Å²) in [5.41, 5.74) is 1.07. The molecule has 7 heteroatoms. The lowest BCUT2D eigenvalue weighted by atomic mass is 9.99. The predicted octanol–water partition coefficient (Wildman–Crippen LogP) is -2.29. The number of rotatable bonds is 2. The average molecular weight is 214 g/mol. The SMILES string of the molecule is CC1(C)C(=O)NC(=O)CN1CC(=O)NN. The Morgan fingerprint density at radius 1 is 1.60 bits per heavy atom. The van der Waals surface area contributed by atoms with Crippen molar-refractivity contribution in [2.75, 3.05) is 13.1 Å². The Balaban J connectivity index is 2.80. The van der Waals surface area contributed by atoms with E-state index in [1.165, 1.54) is 4.90 Å². The van der Waals surface area contributed by atoms with Crippen molar-refractivity contribution >= 4 is 17.7 Å².